The summed E-state index contributed by atoms with van der Waals surface area (Å²) >= 11 is 0. The molecule has 2 atom stereocenters. The smallest absolute Gasteiger partial charge is 0.410 e. The van der Waals surface area contributed by atoms with Crippen LogP contribution in [0.2, 0.25) is 0 Å². The number of piperidine rings is 1. The molecule has 3 rings (SSSR count). The number of hydrogen-bond acceptors (Lipinski definition) is 3. The first kappa shape index (κ1) is 12.8. The standard InChI is InChI=1S/C14H16N2O4/c17-13(18)15-7-6-11-12(9-15)20-14(19)16(11)8-10-4-2-1-3-5-10/h1-5,11-12H,6-9H2,(H,17,18)/t11-,12+/m1/s1. The minimum atomic E-state index is -0.957. The Labute approximate surface area is 116 Å². The lowest BCUT2D eigenvalue weighted by atomic mass is 10.0. The number of carbonyl (C=O) groups excluding carboxylic acids is 1. The number of ether oxygens (including phenoxy) is 1. The van der Waals surface area contributed by atoms with Crippen molar-refractivity contribution in [3.8, 4) is 0 Å². The lowest BCUT2D eigenvalue weighted by molar-refractivity contribution is 0.0621. The molecule has 2 aliphatic rings. The maximum atomic E-state index is 12.0. The van der Waals surface area contributed by atoms with Crippen LogP contribution in [-0.4, -0.2) is 52.3 Å². The van der Waals surface area contributed by atoms with Gasteiger partial charge in [-0.15, -0.1) is 0 Å². The molecular formula is C14H16N2O4. The van der Waals surface area contributed by atoms with Crippen molar-refractivity contribution in [2.75, 3.05) is 13.1 Å². The van der Waals surface area contributed by atoms with E-state index in [-0.39, 0.29) is 24.8 Å². The molecule has 2 amide bonds. The van der Waals surface area contributed by atoms with Crippen LogP contribution < -0.4 is 0 Å². The number of carbonyl (C=O) groups is 2. The van der Waals surface area contributed by atoms with Gasteiger partial charge < -0.3 is 14.7 Å². The molecule has 6 nitrogen and oxygen atoms in total. The van der Waals surface area contributed by atoms with E-state index < -0.39 is 6.09 Å². The first-order valence-electron chi connectivity index (χ1n) is 6.64. The van der Waals surface area contributed by atoms with E-state index >= 15 is 0 Å². The normalized spacial score (nSPS) is 25.3. The third-order valence-electron chi connectivity index (χ3n) is 3.88. The first-order valence-corrected chi connectivity index (χ1v) is 6.64. The summed E-state index contributed by atoms with van der Waals surface area (Å²) in [5.41, 5.74) is 1.05. The van der Waals surface area contributed by atoms with E-state index in [1.165, 1.54) is 4.90 Å². The van der Waals surface area contributed by atoms with Crippen LogP contribution in [-0.2, 0) is 11.3 Å². The van der Waals surface area contributed by atoms with E-state index in [4.69, 9.17) is 9.84 Å². The average molecular weight is 276 g/mol. The molecule has 0 saturated carbocycles. The van der Waals surface area contributed by atoms with Gasteiger partial charge in [0.1, 0.15) is 6.10 Å². The molecule has 1 aromatic carbocycles. The Morgan fingerprint density at radius 2 is 2.10 bits per heavy atom. The van der Waals surface area contributed by atoms with Crippen LogP contribution in [0.25, 0.3) is 0 Å². The van der Waals surface area contributed by atoms with Gasteiger partial charge in [0.2, 0.25) is 0 Å². The Balaban J connectivity index is 1.71. The SMILES string of the molecule is O=C(O)N1CC[C@@H]2[C@H](C1)OC(=O)N2Cc1ccccc1. The van der Waals surface area contributed by atoms with Gasteiger partial charge in [0.15, 0.2) is 0 Å². The molecule has 6 heteroatoms. The fraction of sp³-hybridized carbons (Fsp3) is 0.429. The lowest BCUT2D eigenvalue weighted by Crippen LogP contribution is -2.50. The van der Waals surface area contributed by atoms with Crippen LogP contribution in [0.1, 0.15) is 12.0 Å². The molecule has 0 bridgehead atoms. The molecule has 2 aliphatic heterocycles. The topological polar surface area (TPSA) is 70.1 Å². The number of carboxylic acid groups (broad SMARTS) is 1. The molecule has 20 heavy (non-hydrogen) atoms. The molecule has 0 aromatic heterocycles. The van der Waals surface area contributed by atoms with Crippen molar-refractivity contribution in [2.45, 2.75) is 25.1 Å². The van der Waals surface area contributed by atoms with Gasteiger partial charge in [0.05, 0.1) is 12.6 Å². The van der Waals surface area contributed by atoms with Crippen molar-refractivity contribution in [2.24, 2.45) is 0 Å². The van der Waals surface area contributed by atoms with Crippen LogP contribution in [0, 0.1) is 0 Å². The number of rotatable bonds is 2. The van der Waals surface area contributed by atoms with Gasteiger partial charge in [0, 0.05) is 13.1 Å². The Kier molecular flexibility index (Phi) is 3.22. The third kappa shape index (κ3) is 2.29. The molecular weight excluding hydrogens is 260 g/mol. The van der Waals surface area contributed by atoms with Gasteiger partial charge in [0.25, 0.3) is 0 Å². The van der Waals surface area contributed by atoms with Gasteiger partial charge >= 0.3 is 12.2 Å². The van der Waals surface area contributed by atoms with Crippen LogP contribution in [0.15, 0.2) is 30.3 Å². The quantitative estimate of drug-likeness (QED) is 0.893. The van der Waals surface area contributed by atoms with E-state index in [9.17, 15) is 9.59 Å². The van der Waals surface area contributed by atoms with Crippen LogP contribution in [0.4, 0.5) is 9.59 Å². The van der Waals surface area contributed by atoms with Gasteiger partial charge in [-0.1, -0.05) is 30.3 Å². The van der Waals surface area contributed by atoms with Gasteiger partial charge in [-0.3, -0.25) is 4.90 Å². The van der Waals surface area contributed by atoms with E-state index in [0.29, 0.717) is 19.5 Å². The molecule has 0 spiro atoms. The molecule has 1 N–H and O–H groups in total. The third-order valence-corrected chi connectivity index (χ3v) is 3.88. The number of nitrogens with zero attached hydrogens (tertiary/aromatic N) is 2. The fourth-order valence-corrected chi connectivity index (χ4v) is 2.84. The lowest BCUT2D eigenvalue weighted by Gasteiger charge is -2.33. The second-order valence-corrected chi connectivity index (χ2v) is 5.12. The summed E-state index contributed by atoms with van der Waals surface area (Å²) in [4.78, 5) is 25.9. The Morgan fingerprint density at radius 3 is 2.80 bits per heavy atom. The Morgan fingerprint density at radius 1 is 1.35 bits per heavy atom. The van der Waals surface area contributed by atoms with Crippen molar-refractivity contribution in [1.29, 1.82) is 0 Å². The predicted molar refractivity (Wildman–Crippen MR) is 70.3 cm³/mol. The van der Waals surface area contributed by atoms with E-state index in [1.54, 1.807) is 4.90 Å². The Hall–Kier alpha value is -2.24. The molecule has 0 radical (unpaired) electrons. The number of amides is 2. The van der Waals surface area contributed by atoms with Gasteiger partial charge in [-0.05, 0) is 12.0 Å². The summed E-state index contributed by atoms with van der Waals surface area (Å²) in [6, 6.07) is 9.70. The zero-order chi connectivity index (χ0) is 14.1. The highest BCUT2D eigenvalue weighted by Gasteiger charge is 2.45. The van der Waals surface area contributed by atoms with Crippen molar-refractivity contribution in [3.05, 3.63) is 35.9 Å². The van der Waals surface area contributed by atoms with E-state index in [1.807, 2.05) is 30.3 Å². The maximum absolute atomic E-state index is 12.0. The van der Waals surface area contributed by atoms with Crippen molar-refractivity contribution in [3.63, 3.8) is 0 Å². The second kappa shape index (κ2) is 5.03. The van der Waals surface area contributed by atoms with Crippen LogP contribution in [0.3, 0.4) is 0 Å². The van der Waals surface area contributed by atoms with Gasteiger partial charge in [-0.2, -0.15) is 0 Å². The predicted octanol–water partition coefficient (Wildman–Crippen LogP) is 1.76. The summed E-state index contributed by atoms with van der Waals surface area (Å²) in [6.45, 7) is 1.21. The number of likely N-dealkylation sites (tertiary alicyclic amines) is 1. The van der Waals surface area contributed by atoms with Crippen molar-refractivity contribution in [1.82, 2.24) is 9.80 Å². The molecule has 2 saturated heterocycles. The number of fused-ring (bicyclic) bond motifs is 1. The summed E-state index contributed by atoms with van der Waals surface area (Å²) in [6.07, 6.45) is -1.04. The summed E-state index contributed by atoms with van der Waals surface area (Å²) in [5, 5.41) is 9.00. The van der Waals surface area contributed by atoms with Crippen LogP contribution in [0.5, 0.6) is 0 Å². The summed E-state index contributed by atoms with van der Waals surface area (Å²) in [7, 11) is 0. The molecule has 2 heterocycles. The summed E-state index contributed by atoms with van der Waals surface area (Å²) in [5.74, 6) is 0. The average Bonchev–Trinajstić information content (AvgIpc) is 2.75. The fourth-order valence-electron chi connectivity index (χ4n) is 2.84. The summed E-state index contributed by atoms with van der Waals surface area (Å²) < 4.78 is 5.31. The highest BCUT2D eigenvalue weighted by atomic mass is 16.6. The van der Waals surface area contributed by atoms with Crippen LogP contribution >= 0.6 is 0 Å². The number of benzene rings is 1. The molecule has 1 aromatic rings. The zero-order valence-corrected chi connectivity index (χ0v) is 10.9. The minimum absolute atomic E-state index is 0.0293. The monoisotopic (exact) mass is 276 g/mol. The molecule has 0 aliphatic carbocycles. The van der Waals surface area contributed by atoms with Crippen molar-refractivity contribution >= 4 is 12.2 Å². The molecule has 106 valence electrons. The number of hydrogen-bond donors (Lipinski definition) is 1. The highest BCUT2D eigenvalue weighted by molar-refractivity contribution is 5.71. The molecule has 0 unspecified atom stereocenters. The first-order chi connectivity index (χ1) is 9.65. The Bertz CT molecular complexity index is 519. The minimum Gasteiger partial charge on any atom is -0.465 e. The van der Waals surface area contributed by atoms with E-state index in [0.717, 1.165) is 5.56 Å². The largest absolute Gasteiger partial charge is 0.465 e. The van der Waals surface area contributed by atoms with Crippen molar-refractivity contribution < 1.29 is 19.4 Å². The zero-order valence-electron chi connectivity index (χ0n) is 10.9. The van der Waals surface area contributed by atoms with E-state index in [2.05, 4.69) is 0 Å². The highest BCUT2D eigenvalue weighted by Crippen LogP contribution is 2.28. The van der Waals surface area contributed by atoms with Gasteiger partial charge in [-0.25, -0.2) is 9.59 Å². The molecule has 2 fully saturated rings. The second-order valence-electron chi connectivity index (χ2n) is 5.12. The maximum Gasteiger partial charge on any atom is 0.410 e.